The van der Waals surface area contributed by atoms with Crippen molar-refractivity contribution in [2.45, 2.75) is 52.6 Å². The third-order valence-electron chi connectivity index (χ3n) is 2.59. The Kier molecular flexibility index (Phi) is 8.21. The average Bonchev–Trinajstić information content (AvgIpc) is 2.21. The molecule has 0 rings (SSSR count). The van der Waals surface area contributed by atoms with E-state index in [0.717, 1.165) is 13.1 Å². The van der Waals surface area contributed by atoms with Crippen LogP contribution in [0.3, 0.4) is 0 Å². The molecule has 1 amide bonds. The number of hydrogen-bond acceptors (Lipinski definition) is 3. The highest BCUT2D eigenvalue weighted by molar-refractivity contribution is 5.80. The highest BCUT2D eigenvalue weighted by Crippen LogP contribution is 1.98. The first-order valence-corrected chi connectivity index (χ1v) is 6.28. The van der Waals surface area contributed by atoms with Gasteiger partial charge in [0.15, 0.2) is 0 Å². The Morgan fingerprint density at radius 3 is 2.38 bits per heavy atom. The van der Waals surface area contributed by atoms with Crippen molar-refractivity contribution in [3.63, 3.8) is 0 Å². The van der Waals surface area contributed by atoms with Crippen LogP contribution in [0.25, 0.3) is 0 Å². The molecule has 0 spiro atoms. The van der Waals surface area contributed by atoms with E-state index >= 15 is 0 Å². The van der Waals surface area contributed by atoms with Crippen LogP contribution >= 0.6 is 0 Å². The van der Waals surface area contributed by atoms with Crippen molar-refractivity contribution < 1.29 is 4.79 Å². The van der Waals surface area contributed by atoms with Crippen LogP contribution in [0, 0.1) is 0 Å². The molecule has 0 aliphatic carbocycles. The molecule has 0 fully saturated rings. The molecule has 0 aromatic carbocycles. The largest absolute Gasteiger partial charge is 0.368 e. The normalized spacial score (nSPS) is 13.4. The topological polar surface area (TPSA) is 58.4 Å². The molecule has 0 saturated carbocycles. The Labute approximate surface area is 99.6 Å². The van der Waals surface area contributed by atoms with Crippen LogP contribution in [0.15, 0.2) is 0 Å². The van der Waals surface area contributed by atoms with Gasteiger partial charge >= 0.3 is 0 Å². The number of carbonyl (C=O) groups is 1. The first kappa shape index (κ1) is 15.4. The SMILES string of the molecule is CCCCN(CC)CC(NC(C)C)C(N)=O. The molecular weight excluding hydrogens is 202 g/mol. The monoisotopic (exact) mass is 229 g/mol. The van der Waals surface area contributed by atoms with E-state index in [1.165, 1.54) is 12.8 Å². The van der Waals surface area contributed by atoms with Crippen LogP contribution in [0.4, 0.5) is 0 Å². The van der Waals surface area contributed by atoms with Crippen LogP contribution in [-0.2, 0) is 4.79 Å². The molecule has 16 heavy (non-hydrogen) atoms. The number of unbranched alkanes of at least 4 members (excludes halogenated alkanes) is 1. The van der Waals surface area contributed by atoms with Crippen molar-refractivity contribution in [2.75, 3.05) is 19.6 Å². The summed E-state index contributed by atoms with van der Waals surface area (Å²) in [4.78, 5) is 13.6. The molecule has 0 aromatic heterocycles. The number of hydrogen-bond donors (Lipinski definition) is 2. The summed E-state index contributed by atoms with van der Waals surface area (Å²) in [7, 11) is 0. The van der Waals surface area contributed by atoms with Gasteiger partial charge in [-0.1, -0.05) is 34.1 Å². The highest BCUT2D eigenvalue weighted by Gasteiger charge is 2.18. The first-order valence-electron chi connectivity index (χ1n) is 6.28. The van der Waals surface area contributed by atoms with Gasteiger partial charge in [0.05, 0.1) is 6.04 Å². The minimum Gasteiger partial charge on any atom is -0.368 e. The average molecular weight is 229 g/mol. The van der Waals surface area contributed by atoms with Crippen molar-refractivity contribution in [2.24, 2.45) is 5.73 Å². The third kappa shape index (κ3) is 6.80. The minimum atomic E-state index is -0.261. The fourth-order valence-corrected chi connectivity index (χ4v) is 1.65. The number of primary amides is 1. The molecule has 4 heteroatoms. The van der Waals surface area contributed by atoms with Crippen molar-refractivity contribution in [1.29, 1.82) is 0 Å². The van der Waals surface area contributed by atoms with Gasteiger partial charge in [0.2, 0.25) is 5.91 Å². The molecule has 4 nitrogen and oxygen atoms in total. The molecule has 0 aromatic rings. The van der Waals surface area contributed by atoms with Crippen molar-refractivity contribution >= 4 is 5.91 Å². The summed E-state index contributed by atoms with van der Waals surface area (Å²) in [6.07, 6.45) is 2.34. The van der Waals surface area contributed by atoms with Gasteiger partial charge < -0.3 is 16.0 Å². The smallest absolute Gasteiger partial charge is 0.235 e. The van der Waals surface area contributed by atoms with Crippen molar-refractivity contribution in [3.8, 4) is 0 Å². The Morgan fingerprint density at radius 1 is 1.38 bits per heavy atom. The summed E-state index contributed by atoms with van der Waals surface area (Å²) >= 11 is 0. The van der Waals surface area contributed by atoms with Crippen LogP contribution in [0.2, 0.25) is 0 Å². The number of nitrogens with zero attached hydrogens (tertiary/aromatic N) is 1. The second-order valence-corrected chi connectivity index (χ2v) is 4.52. The molecule has 3 N–H and O–H groups in total. The number of amides is 1. The van der Waals surface area contributed by atoms with Gasteiger partial charge in [0.25, 0.3) is 0 Å². The van der Waals surface area contributed by atoms with Gasteiger partial charge in [0, 0.05) is 12.6 Å². The van der Waals surface area contributed by atoms with Gasteiger partial charge in [-0.2, -0.15) is 0 Å². The molecule has 96 valence electrons. The predicted molar refractivity (Wildman–Crippen MR) is 68.3 cm³/mol. The van der Waals surface area contributed by atoms with E-state index in [9.17, 15) is 4.79 Å². The summed E-state index contributed by atoms with van der Waals surface area (Å²) in [6.45, 7) is 11.1. The van der Waals surface area contributed by atoms with Gasteiger partial charge in [-0.05, 0) is 19.5 Å². The predicted octanol–water partition coefficient (Wildman–Crippen LogP) is 0.960. The molecule has 0 aliphatic heterocycles. The van der Waals surface area contributed by atoms with E-state index in [1.807, 2.05) is 13.8 Å². The molecule has 0 bridgehead atoms. The van der Waals surface area contributed by atoms with E-state index in [-0.39, 0.29) is 18.0 Å². The Hall–Kier alpha value is -0.610. The fourth-order valence-electron chi connectivity index (χ4n) is 1.65. The molecule has 1 unspecified atom stereocenters. The van der Waals surface area contributed by atoms with E-state index in [0.29, 0.717) is 6.54 Å². The first-order chi connectivity index (χ1) is 7.51. The Morgan fingerprint density at radius 2 is 2.00 bits per heavy atom. The summed E-state index contributed by atoms with van der Waals surface area (Å²) in [5.41, 5.74) is 5.39. The number of nitrogens with one attached hydrogen (secondary N) is 1. The van der Waals surface area contributed by atoms with Gasteiger partial charge in [0.1, 0.15) is 0 Å². The van der Waals surface area contributed by atoms with E-state index < -0.39 is 0 Å². The van der Waals surface area contributed by atoms with Gasteiger partial charge in [-0.3, -0.25) is 4.79 Å². The lowest BCUT2D eigenvalue weighted by Gasteiger charge is -2.26. The van der Waals surface area contributed by atoms with Crippen molar-refractivity contribution in [1.82, 2.24) is 10.2 Å². The lowest BCUT2D eigenvalue weighted by molar-refractivity contribution is -0.120. The second kappa shape index (κ2) is 8.53. The van der Waals surface area contributed by atoms with Crippen LogP contribution in [0.1, 0.15) is 40.5 Å². The van der Waals surface area contributed by atoms with Gasteiger partial charge in [-0.25, -0.2) is 0 Å². The molecular formula is C12H27N3O. The molecule has 0 heterocycles. The lowest BCUT2D eigenvalue weighted by Crippen LogP contribution is -2.51. The summed E-state index contributed by atoms with van der Waals surface area (Å²) < 4.78 is 0. The standard InChI is InChI=1S/C12H27N3O/c1-5-7-8-15(6-2)9-11(12(13)16)14-10(3)4/h10-11,14H,5-9H2,1-4H3,(H2,13,16). The van der Waals surface area contributed by atoms with E-state index in [1.54, 1.807) is 0 Å². The lowest BCUT2D eigenvalue weighted by atomic mass is 10.2. The minimum absolute atomic E-state index is 0.239. The molecule has 0 saturated heterocycles. The number of carbonyl (C=O) groups excluding carboxylic acids is 1. The summed E-state index contributed by atoms with van der Waals surface area (Å²) in [5, 5.41) is 3.20. The zero-order valence-corrected chi connectivity index (χ0v) is 11.1. The summed E-state index contributed by atoms with van der Waals surface area (Å²) in [6, 6.07) is 0.0409. The third-order valence-corrected chi connectivity index (χ3v) is 2.59. The molecule has 1 atom stereocenters. The second-order valence-electron chi connectivity index (χ2n) is 4.52. The van der Waals surface area contributed by atoms with Crippen LogP contribution in [0.5, 0.6) is 0 Å². The van der Waals surface area contributed by atoms with E-state index in [4.69, 9.17) is 5.73 Å². The Balaban J connectivity index is 4.17. The number of likely N-dealkylation sites (N-methyl/N-ethyl adjacent to an activating group) is 1. The maximum absolute atomic E-state index is 11.3. The van der Waals surface area contributed by atoms with Crippen LogP contribution in [-0.4, -0.2) is 42.5 Å². The van der Waals surface area contributed by atoms with Crippen LogP contribution < -0.4 is 11.1 Å². The molecule has 0 radical (unpaired) electrons. The maximum atomic E-state index is 11.3. The number of rotatable bonds is 9. The highest BCUT2D eigenvalue weighted by atomic mass is 16.1. The zero-order valence-electron chi connectivity index (χ0n) is 11.1. The zero-order chi connectivity index (χ0) is 12.6. The Bertz CT molecular complexity index is 195. The van der Waals surface area contributed by atoms with Crippen molar-refractivity contribution in [3.05, 3.63) is 0 Å². The fraction of sp³-hybridized carbons (Fsp3) is 0.917. The number of nitrogens with two attached hydrogens (primary N) is 1. The molecule has 0 aliphatic rings. The maximum Gasteiger partial charge on any atom is 0.235 e. The van der Waals surface area contributed by atoms with E-state index in [2.05, 4.69) is 24.1 Å². The summed E-state index contributed by atoms with van der Waals surface area (Å²) in [5.74, 6) is -0.261. The van der Waals surface area contributed by atoms with Gasteiger partial charge in [-0.15, -0.1) is 0 Å². The quantitative estimate of drug-likeness (QED) is 0.619.